The third-order valence-corrected chi connectivity index (χ3v) is 6.03. The minimum absolute atomic E-state index is 0.0908. The van der Waals surface area contributed by atoms with Crippen LogP contribution in [0.3, 0.4) is 0 Å². The van der Waals surface area contributed by atoms with Crippen molar-refractivity contribution in [2.24, 2.45) is 0 Å². The van der Waals surface area contributed by atoms with Crippen molar-refractivity contribution in [2.45, 2.75) is 25.5 Å². The first-order valence-corrected chi connectivity index (χ1v) is 8.32. The molecule has 0 atom stereocenters. The Morgan fingerprint density at radius 1 is 1.33 bits per heavy atom. The Kier molecular flexibility index (Phi) is 3.88. The molecule has 1 aliphatic heterocycles. The molecule has 1 heterocycles. The summed E-state index contributed by atoms with van der Waals surface area (Å²) < 4.78 is 28.9. The van der Waals surface area contributed by atoms with Crippen LogP contribution in [-0.2, 0) is 14.6 Å². The van der Waals surface area contributed by atoms with Gasteiger partial charge in [-0.2, -0.15) is 0 Å². The van der Waals surface area contributed by atoms with E-state index in [9.17, 15) is 13.2 Å². The predicted octanol–water partition coefficient (Wildman–Crippen LogP) is 1.21. The number of carbonyl (C=O) groups is 1. The van der Waals surface area contributed by atoms with Crippen molar-refractivity contribution in [3.05, 3.63) is 18.2 Å². The molecule has 0 aliphatic carbocycles. The zero-order chi connectivity index (χ0) is 15.8. The number of rotatable bonds is 3. The second-order valence-corrected chi connectivity index (χ2v) is 8.85. The number of sulfone groups is 1. The maximum atomic E-state index is 12.2. The van der Waals surface area contributed by atoms with E-state index in [4.69, 9.17) is 10.5 Å². The predicted molar refractivity (Wildman–Crippen MR) is 82.2 cm³/mol. The first-order chi connectivity index (χ1) is 9.62. The standard InChI is InChI=1S/C14H20N2O4S/c1-14(2,3)21(18,19)7-6-16-11-8-10(15)4-5-12(11)20-9-13(16)17/h4-5,8H,6-7,9,15H2,1-3H3. The highest BCUT2D eigenvalue weighted by atomic mass is 32.2. The number of amides is 1. The van der Waals surface area contributed by atoms with E-state index >= 15 is 0 Å². The zero-order valence-electron chi connectivity index (χ0n) is 12.4. The lowest BCUT2D eigenvalue weighted by Gasteiger charge is -2.30. The highest BCUT2D eigenvalue weighted by molar-refractivity contribution is 7.92. The monoisotopic (exact) mass is 312 g/mol. The number of nitrogens with two attached hydrogens (primary N) is 1. The number of nitrogens with zero attached hydrogens (tertiary/aromatic N) is 1. The molecule has 1 aromatic rings. The molecule has 1 amide bonds. The molecule has 2 rings (SSSR count). The number of benzene rings is 1. The molecule has 0 bridgehead atoms. The number of anilines is 2. The number of fused-ring (bicyclic) bond motifs is 1. The Hall–Kier alpha value is -1.76. The Morgan fingerprint density at radius 2 is 2.00 bits per heavy atom. The lowest BCUT2D eigenvalue weighted by molar-refractivity contribution is -0.121. The van der Waals surface area contributed by atoms with Crippen LogP contribution in [0, 0.1) is 0 Å². The van der Waals surface area contributed by atoms with E-state index in [0.717, 1.165) is 0 Å². The Bertz CT molecular complexity index is 662. The van der Waals surface area contributed by atoms with Crippen molar-refractivity contribution < 1.29 is 17.9 Å². The van der Waals surface area contributed by atoms with Gasteiger partial charge in [0, 0.05) is 12.2 Å². The van der Waals surface area contributed by atoms with Crippen LogP contribution in [0.15, 0.2) is 18.2 Å². The molecule has 0 spiro atoms. The normalized spacial score (nSPS) is 15.6. The molecule has 7 heteroatoms. The molecule has 0 fully saturated rings. The SMILES string of the molecule is CC(C)(C)S(=O)(=O)CCN1C(=O)COc2ccc(N)cc21. The van der Waals surface area contributed by atoms with Crippen molar-refractivity contribution in [2.75, 3.05) is 29.5 Å². The van der Waals surface area contributed by atoms with E-state index in [-0.39, 0.29) is 24.8 Å². The smallest absolute Gasteiger partial charge is 0.265 e. The van der Waals surface area contributed by atoms with Crippen molar-refractivity contribution in [1.29, 1.82) is 0 Å². The minimum Gasteiger partial charge on any atom is -0.482 e. The van der Waals surface area contributed by atoms with E-state index < -0.39 is 14.6 Å². The summed E-state index contributed by atoms with van der Waals surface area (Å²) in [5, 5.41) is 0. The van der Waals surface area contributed by atoms with Crippen molar-refractivity contribution in [1.82, 2.24) is 0 Å². The molecule has 1 aromatic carbocycles. The Morgan fingerprint density at radius 3 is 2.62 bits per heavy atom. The van der Waals surface area contributed by atoms with E-state index in [2.05, 4.69) is 0 Å². The molecule has 1 aliphatic rings. The lowest BCUT2D eigenvalue weighted by Crippen LogP contribution is -2.43. The maximum absolute atomic E-state index is 12.2. The average molecular weight is 312 g/mol. The van der Waals surface area contributed by atoms with Crippen molar-refractivity contribution in [3.63, 3.8) is 0 Å². The highest BCUT2D eigenvalue weighted by Gasteiger charge is 2.32. The van der Waals surface area contributed by atoms with Crippen molar-refractivity contribution >= 4 is 27.1 Å². The van der Waals surface area contributed by atoms with Crippen LogP contribution in [0.4, 0.5) is 11.4 Å². The Labute approximate surface area is 124 Å². The molecule has 0 aromatic heterocycles. The fourth-order valence-corrected chi connectivity index (χ4v) is 3.02. The fourth-order valence-electron chi connectivity index (χ4n) is 1.98. The van der Waals surface area contributed by atoms with Gasteiger partial charge in [0.05, 0.1) is 16.2 Å². The number of ether oxygens (including phenoxy) is 1. The Balaban J connectivity index is 2.25. The third kappa shape index (κ3) is 3.12. The van der Waals surface area contributed by atoms with Crippen molar-refractivity contribution in [3.8, 4) is 5.75 Å². The van der Waals surface area contributed by atoms with Crippen LogP contribution in [0.1, 0.15) is 20.8 Å². The van der Waals surface area contributed by atoms with Gasteiger partial charge in [-0.1, -0.05) is 0 Å². The van der Waals surface area contributed by atoms with Crippen LogP contribution in [0.25, 0.3) is 0 Å². The molecule has 21 heavy (non-hydrogen) atoms. The van der Waals surface area contributed by atoms with Gasteiger partial charge in [-0.3, -0.25) is 4.79 Å². The van der Waals surface area contributed by atoms with Gasteiger partial charge >= 0.3 is 0 Å². The molecule has 0 saturated carbocycles. The fraction of sp³-hybridized carbons (Fsp3) is 0.500. The number of carbonyl (C=O) groups excluding carboxylic acids is 1. The van der Waals surface area contributed by atoms with Gasteiger partial charge in [0.25, 0.3) is 5.91 Å². The molecular formula is C14H20N2O4S. The first kappa shape index (κ1) is 15.6. The van der Waals surface area contributed by atoms with E-state index in [1.165, 1.54) is 4.90 Å². The highest BCUT2D eigenvalue weighted by Crippen LogP contribution is 2.33. The summed E-state index contributed by atoms with van der Waals surface area (Å²) in [7, 11) is -3.30. The topological polar surface area (TPSA) is 89.7 Å². The van der Waals surface area contributed by atoms with E-state index in [0.29, 0.717) is 17.1 Å². The molecule has 0 unspecified atom stereocenters. The third-order valence-electron chi connectivity index (χ3n) is 3.44. The summed E-state index contributed by atoms with van der Waals surface area (Å²) in [5.41, 5.74) is 6.75. The number of hydrogen-bond donors (Lipinski definition) is 1. The van der Waals surface area contributed by atoms with Gasteiger partial charge in [-0.15, -0.1) is 0 Å². The average Bonchev–Trinajstić information content (AvgIpc) is 2.36. The molecular weight excluding hydrogens is 292 g/mol. The maximum Gasteiger partial charge on any atom is 0.265 e. The molecule has 6 nitrogen and oxygen atoms in total. The number of nitrogen functional groups attached to an aromatic ring is 1. The van der Waals surface area contributed by atoms with Crippen LogP contribution in [-0.4, -0.2) is 38.0 Å². The zero-order valence-corrected chi connectivity index (χ0v) is 13.2. The summed E-state index contributed by atoms with van der Waals surface area (Å²) in [6.07, 6.45) is 0. The van der Waals surface area contributed by atoms with Gasteiger partial charge in [-0.05, 0) is 39.0 Å². The molecule has 2 N–H and O–H groups in total. The van der Waals surface area contributed by atoms with E-state index in [1.54, 1.807) is 39.0 Å². The summed E-state index contributed by atoms with van der Waals surface area (Å²) in [5.74, 6) is 0.172. The molecule has 0 radical (unpaired) electrons. The van der Waals surface area contributed by atoms with Gasteiger partial charge < -0.3 is 15.4 Å². The van der Waals surface area contributed by atoms with Gasteiger partial charge in [-0.25, -0.2) is 8.42 Å². The minimum atomic E-state index is -3.30. The first-order valence-electron chi connectivity index (χ1n) is 6.67. The van der Waals surface area contributed by atoms with Gasteiger partial charge in [0.2, 0.25) is 0 Å². The molecule has 0 saturated heterocycles. The quantitative estimate of drug-likeness (QED) is 0.847. The summed E-state index contributed by atoms with van der Waals surface area (Å²) in [4.78, 5) is 13.4. The van der Waals surface area contributed by atoms with Crippen LogP contribution in [0.5, 0.6) is 5.75 Å². The van der Waals surface area contributed by atoms with Gasteiger partial charge in [0.1, 0.15) is 5.75 Å². The summed E-state index contributed by atoms with van der Waals surface area (Å²) >= 11 is 0. The second kappa shape index (κ2) is 5.22. The van der Waals surface area contributed by atoms with E-state index in [1.807, 2.05) is 0 Å². The number of hydrogen-bond acceptors (Lipinski definition) is 5. The largest absolute Gasteiger partial charge is 0.482 e. The summed E-state index contributed by atoms with van der Waals surface area (Å²) in [6.45, 7) is 4.95. The van der Waals surface area contributed by atoms with Gasteiger partial charge in [0.15, 0.2) is 16.4 Å². The van der Waals surface area contributed by atoms with Crippen LogP contribution in [0.2, 0.25) is 0 Å². The summed E-state index contributed by atoms with van der Waals surface area (Å²) in [6, 6.07) is 4.98. The molecule has 116 valence electrons. The lowest BCUT2D eigenvalue weighted by atomic mass is 10.2. The van der Waals surface area contributed by atoms with Crippen LogP contribution >= 0.6 is 0 Å². The second-order valence-electron chi connectivity index (χ2n) is 5.99. The van der Waals surface area contributed by atoms with Crippen LogP contribution < -0.4 is 15.4 Å².